The van der Waals surface area contributed by atoms with Crippen LogP contribution in [0.2, 0.25) is 0 Å². The van der Waals surface area contributed by atoms with Crippen molar-refractivity contribution in [3.8, 4) is 11.5 Å². The number of nitrogens with one attached hydrogen (secondary N) is 2. The largest absolute Gasteiger partial charge is 0.492 e. The SMILES string of the molecule is C=C1c2ccccc2C(=O)N1CC(=O)Nc1cc(OCC)c(NC(=O)c2ccccc2)cc1OCC. The van der Waals surface area contributed by atoms with E-state index in [0.29, 0.717) is 58.5 Å². The molecule has 0 unspecified atom stereocenters. The van der Waals surface area contributed by atoms with Crippen molar-refractivity contribution in [1.82, 2.24) is 4.90 Å². The molecule has 2 N–H and O–H groups in total. The first kappa shape index (κ1) is 24.5. The molecule has 1 aliphatic rings. The second-order valence-corrected chi connectivity index (χ2v) is 7.96. The maximum Gasteiger partial charge on any atom is 0.259 e. The van der Waals surface area contributed by atoms with Gasteiger partial charge in [-0.2, -0.15) is 0 Å². The predicted octanol–water partition coefficient (Wildman–Crippen LogP) is 4.80. The number of ether oxygens (including phenoxy) is 2. The minimum atomic E-state index is -0.429. The van der Waals surface area contributed by atoms with Crippen LogP contribution in [-0.4, -0.2) is 42.4 Å². The third-order valence-electron chi connectivity index (χ3n) is 5.58. The van der Waals surface area contributed by atoms with Crippen molar-refractivity contribution in [2.45, 2.75) is 13.8 Å². The maximum atomic E-state index is 13.0. The number of anilines is 2. The fraction of sp³-hybridized carbons (Fsp3) is 0.179. The zero-order chi connectivity index (χ0) is 25.7. The van der Waals surface area contributed by atoms with Crippen LogP contribution in [-0.2, 0) is 4.79 Å². The first-order valence-electron chi connectivity index (χ1n) is 11.6. The van der Waals surface area contributed by atoms with Crippen LogP contribution in [0.15, 0.2) is 73.3 Å². The highest BCUT2D eigenvalue weighted by Gasteiger charge is 2.32. The summed E-state index contributed by atoms with van der Waals surface area (Å²) < 4.78 is 11.5. The summed E-state index contributed by atoms with van der Waals surface area (Å²) in [6.07, 6.45) is 0. The van der Waals surface area contributed by atoms with Gasteiger partial charge in [-0.1, -0.05) is 43.0 Å². The molecule has 3 amide bonds. The summed E-state index contributed by atoms with van der Waals surface area (Å²) in [6, 6.07) is 19.1. The van der Waals surface area contributed by atoms with Crippen molar-refractivity contribution >= 4 is 34.8 Å². The molecule has 8 nitrogen and oxygen atoms in total. The quantitative estimate of drug-likeness (QED) is 0.454. The minimum absolute atomic E-state index is 0.214. The van der Waals surface area contributed by atoms with Crippen LogP contribution in [0, 0.1) is 0 Å². The molecule has 8 heteroatoms. The highest BCUT2D eigenvalue weighted by atomic mass is 16.5. The Hall–Kier alpha value is -4.59. The summed E-state index contributed by atoms with van der Waals surface area (Å²) in [6.45, 7) is 8.07. The summed E-state index contributed by atoms with van der Waals surface area (Å²) in [5.74, 6) is -0.282. The van der Waals surface area contributed by atoms with Gasteiger partial charge in [0.05, 0.1) is 24.6 Å². The lowest BCUT2D eigenvalue weighted by Gasteiger charge is -2.20. The number of carbonyl (C=O) groups excluding carboxylic acids is 3. The summed E-state index contributed by atoms with van der Waals surface area (Å²) >= 11 is 0. The van der Waals surface area contributed by atoms with Crippen LogP contribution in [0.1, 0.15) is 40.1 Å². The van der Waals surface area contributed by atoms with Crippen LogP contribution >= 0.6 is 0 Å². The fourth-order valence-electron chi connectivity index (χ4n) is 3.92. The molecular weight excluding hydrogens is 458 g/mol. The average molecular weight is 486 g/mol. The lowest BCUT2D eigenvalue weighted by molar-refractivity contribution is -0.116. The average Bonchev–Trinajstić information content (AvgIpc) is 3.12. The summed E-state index contributed by atoms with van der Waals surface area (Å²) in [5, 5.41) is 5.66. The van der Waals surface area contributed by atoms with Crippen molar-refractivity contribution in [1.29, 1.82) is 0 Å². The van der Waals surface area contributed by atoms with Crippen LogP contribution < -0.4 is 20.1 Å². The number of hydrogen-bond donors (Lipinski definition) is 2. The minimum Gasteiger partial charge on any atom is -0.492 e. The Labute approximate surface area is 209 Å². The molecule has 0 radical (unpaired) electrons. The van der Waals surface area contributed by atoms with E-state index in [0.717, 1.165) is 0 Å². The Bertz CT molecular complexity index is 1290. The van der Waals surface area contributed by atoms with Gasteiger partial charge in [0.2, 0.25) is 5.91 Å². The molecule has 0 bridgehead atoms. The van der Waals surface area contributed by atoms with Crippen molar-refractivity contribution in [3.63, 3.8) is 0 Å². The molecule has 0 aromatic heterocycles. The predicted molar refractivity (Wildman–Crippen MR) is 138 cm³/mol. The van der Waals surface area contributed by atoms with E-state index in [4.69, 9.17) is 9.47 Å². The molecule has 3 aromatic rings. The van der Waals surface area contributed by atoms with Gasteiger partial charge in [0.1, 0.15) is 18.0 Å². The standard InChI is InChI=1S/C28H27N3O5/c1-4-35-24-16-23(30-27(33)19-11-7-6-8-12-19)25(36-5-2)15-22(24)29-26(32)17-31-18(3)20-13-9-10-14-21(20)28(31)34/h6-16H,3-5,17H2,1-2H3,(H,29,32)(H,30,33). The first-order chi connectivity index (χ1) is 17.4. The van der Waals surface area contributed by atoms with E-state index in [9.17, 15) is 14.4 Å². The van der Waals surface area contributed by atoms with E-state index in [1.54, 1.807) is 54.6 Å². The van der Waals surface area contributed by atoms with Gasteiger partial charge in [-0.05, 0) is 32.0 Å². The molecular formula is C28H27N3O5. The number of rotatable bonds is 9. The molecule has 0 fully saturated rings. The molecule has 36 heavy (non-hydrogen) atoms. The highest BCUT2D eigenvalue weighted by Crippen LogP contribution is 2.37. The Morgan fingerprint density at radius 1 is 0.833 bits per heavy atom. The van der Waals surface area contributed by atoms with E-state index < -0.39 is 5.91 Å². The molecule has 3 aromatic carbocycles. The monoisotopic (exact) mass is 485 g/mol. The van der Waals surface area contributed by atoms with Gasteiger partial charge >= 0.3 is 0 Å². The molecule has 0 saturated carbocycles. The molecule has 0 atom stereocenters. The van der Waals surface area contributed by atoms with Gasteiger partial charge in [0.15, 0.2) is 0 Å². The molecule has 184 valence electrons. The highest BCUT2D eigenvalue weighted by molar-refractivity contribution is 6.11. The van der Waals surface area contributed by atoms with Crippen LogP contribution in [0.5, 0.6) is 11.5 Å². The number of hydrogen-bond acceptors (Lipinski definition) is 5. The number of fused-ring (bicyclic) bond motifs is 1. The topological polar surface area (TPSA) is 97.0 Å². The van der Waals surface area contributed by atoms with Gasteiger partial charge in [0, 0.05) is 34.5 Å². The molecule has 4 rings (SSSR count). The summed E-state index contributed by atoms with van der Waals surface area (Å²) in [5.41, 5.74) is 2.96. The molecule has 1 aliphatic heterocycles. The number of carbonyl (C=O) groups is 3. The van der Waals surface area contributed by atoms with E-state index in [1.807, 2.05) is 26.0 Å². The van der Waals surface area contributed by atoms with Gasteiger partial charge in [-0.25, -0.2) is 0 Å². The molecule has 1 heterocycles. The Morgan fingerprint density at radius 2 is 1.39 bits per heavy atom. The van der Waals surface area contributed by atoms with Crippen molar-refractivity contribution in [3.05, 3.63) is 90.0 Å². The lowest BCUT2D eigenvalue weighted by Crippen LogP contribution is -2.32. The van der Waals surface area contributed by atoms with Gasteiger partial charge < -0.3 is 20.1 Å². The zero-order valence-corrected chi connectivity index (χ0v) is 20.2. The van der Waals surface area contributed by atoms with Crippen LogP contribution in [0.3, 0.4) is 0 Å². The second-order valence-electron chi connectivity index (χ2n) is 7.96. The van der Waals surface area contributed by atoms with Gasteiger partial charge in [-0.15, -0.1) is 0 Å². The molecule has 0 spiro atoms. The summed E-state index contributed by atoms with van der Waals surface area (Å²) in [4.78, 5) is 39.8. The lowest BCUT2D eigenvalue weighted by atomic mass is 10.1. The first-order valence-corrected chi connectivity index (χ1v) is 11.6. The zero-order valence-electron chi connectivity index (χ0n) is 20.2. The smallest absolute Gasteiger partial charge is 0.259 e. The Balaban J connectivity index is 1.56. The number of amides is 3. The van der Waals surface area contributed by atoms with Crippen LogP contribution in [0.25, 0.3) is 5.70 Å². The second kappa shape index (κ2) is 10.8. The normalized spacial score (nSPS) is 12.2. The van der Waals surface area contributed by atoms with E-state index in [-0.39, 0.29) is 18.4 Å². The molecule has 0 saturated heterocycles. The summed E-state index contributed by atoms with van der Waals surface area (Å²) in [7, 11) is 0. The van der Waals surface area contributed by atoms with E-state index >= 15 is 0 Å². The van der Waals surface area contributed by atoms with E-state index in [1.165, 1.54) is 4.90 Å². The van der Waals surface area contributed by atoms with Crippen molar-refractivity contribution in [2.24, 2.45) is 0 Å². The van der Waals surface area contributed by atoms with Crippen molar-refractivity contribution in [2.75, 3.05) is 30.4 Å². The third kappa shape index (κ3) is 5.07. The maximum absolute atomic E-state index is 13.0. The van der Waals surface area contributed by atoms with Gasteiger partial charge in [0.25, 0.3) is 11.8 Å². The Kier molecular flexibility index (Phi) is 7.34. The van der Waals surface area contributed by atoms with Crippen molar-refractivity contribution < 1.29 is 23.9 Å². The van der Waals surface area contributed by atoms with Crippen LogP contribution in [0.4, 0.5) is 11.4 Å². The number of benzene rings is 3. The number of nitrogens with zero attached hydrogens (tertiary/aromatic N) is 1. The van der Waals surface area contributed by atoms with E-state index in [2.05, 4.69) is 17.2 Å². The Morgan fingerprint density at radius 3 is 1.97 bits per heavy atom. The third-order valence-corrected chi connectivity index (χ3v) is 5.58. The van der Waals surface area contributed by atoms with Gasteiger partial charge in [-0.3, -0.25) is 19.3 Å². The fourth-order valence-corrected chi connectivity index (χ4v) is 3.92. The molecule has 0 aliphatic carbocycles.